The fourth-order valence-electron chi connectivity index (χ4n) is 2.35. The van der Waals surface area contributed by atoms with E-state index >= 15 is 0 Å². The summed E-state index contributed by atoms with van der Waals surface area (Å²) >= 11 is 6.25. The van der Waals surface area contributed by atoms with Gasteiger partial charge in [0.25, 0.3) is 0 Å². The SMILES string of the molecule is CCCCCCCCCC(Cl)Cc1ccc(F)c(F)c1. The third kappa shape index (κ3) is 7.23. The highest BCUT2D eigenvalue weighted by molar-refractivity contribution is 6.20. The van der Waals surface area contributed by atoms with Gasteiger partial charge in [-0.3, -0.25) is 0 Å². The van der Waals surface area contributed by atoms with Crippen molar-refractivity contribution >= 4 is 11.6 Å². The van der Waals surface area contributed by atoms with Gasteiger partial charge in [0, 0.05) is 5.38 Å². The summed E-state index contributed by atoms with van der Waals surface area (Å²) in [5, 5.41) is 0.00973. The summed E-state index contributed by atoms with van der Waals surface area (Å²) in [6.07, 6.45) is 10.4. The molecule has 0 N–H and O–H groups in total. The van der Waals surface area contributed by atoms with Crippen molar-refractivity contribution in [1.82, 2.24) is 0 Å². The van der Waals surface area contributed by atoms with Crippen LogP contribution in [-0.4, -0.2) is 5.38 Å². The van der Waals surface area contributed by atoms with Crippen molar-refractivity contribution in [1.29, 1.82) is 0 Å². The van der Waals surface area contributed by atoms with Crippen LogP contribution < -0.4 is 0 Å². The Morgan fingerprint density at radius 1 is 0.950 bits per heavy atom. The molecule has 0 radical (unpaired) electrons. The number of alkyl halides is 1. The Labute approximate surface area is 126 Å². The number of hydrogen-bond donors (Lipinski definition) is 0. The molecule has 0 nitrogen and oxygen atoms in total. The van der Waals surface area contributed by atoms with Crippen molar-refractivity contribution < 1.29 is 8.78 Å². The molecule has 114 valence electrons. The minimum absolute atomic E-state index is 0.00973. The Kier molecular flexibility index (Phi) is 8.84. The molecule has 1 atom stereocenters. The first-order chi connectivity index (χ1) is 9.63. The minimum atomic E-state index is -0.799. The van der Waals surface area contributed by atoms with Crippen LogP contribution >= 0.6 is 11.6 Å². The fraction of sp³-hybridized carbons (Fsp3) is 0.647. The lowest BCUT2D eigenvalue weighted by atomic mass is 10.0. The zero-order chi connectivity index (χ0) is 14.8. The Morgan fingerprint density at radius 2 is 1.60 bits per heavy atom. The first kappa shape index (κ1) is 17.4. The van der Waals surface area contributed by atoms with Gasteiger partial charge >= 0.3 is 0 Å². The maximum Gasteiger partial charge on any atom is 0.159 e. The predicted molar refractivity (Wildman–Crippen MR) is 82.3 cm³/mol. The molecule has 20 heavy (non-hydrogen) atoms. The van der Waals surface area contributed by atoms with Crippen molar-refractivity contribution in [3.05, 3.63) is 35.4 Å². The average molecular weight is 303 g/mol. The lowest BCUT2D eigenvalue weighted by Crippen LogP contribution is -2.04. The summed E-state index contributed by atoms with van der Waals surface area (Å²) < 4.78 is 25.9. The van der Waals surface area contributed by atoms with E-state index in [4.69, 9.17) is 11.6 Å². The molecular weight excluding hydrogens is 278 g/mol. The van der Waals surface area contributed by atoms with Gasteiger partial charge in [-0.25, -0.2) is 8.78 Å². The van der Waals surface area contributed by atoms with E-state index in [0.717, 1.165) is 18.4 Å². The van der Waals surface area contributed by atoms with Crippen molar-refractivity contribution in [3.8, 4) is 0 Å². The van der Waals surface area contributed by atoms with E-state index in [-0.39, 0.29) is 5.38 Å². The van der Waals surface area contributed by atoms with Crippen molar-refractivity contribution in [2.24, 2.45) is 0 Å². The zero-order valence-corrected chi connectivity index (χ0v) is 13.1. The van der Waals surface area contributed by atoms with Crippen LogP contribution in [0.15, 0.2) is 18.2 Å². The van der Waals surface area contributed by atoms with Gasteiger partial charge in [0.15, 0.2) is 11.6 Å². The topological polar surface area (TPSA) is 0 Å². The molecule has 1 unspecified atom stereocenters. The highest BCUT2D eigenvalue weighted by Gasteiger charge is 2.08. The van der Waals surface area contributed by atoms with Gasteiger partial charge < -0.3 is 0 Å². The molecule has 1 aromatic rings. The highest BCUT2D eigenvalue weighted by Crippen LogP contribution is 2.18. The summed E-state index contributed by atoms with van der Waals surface area (Å²) in [7, 11) is 0. The smallest absolute Gasteiger partial charge is 0.159 e. The first-order valence-electron chi connectivity index (χ1n) is 7.71. The largest absolute Gasteiger partial charge is 0.204 e. The number of unbranched alkanes of at least 4 members (excludes halogenated alkanes) is 6. The zero-order valence-electron chi connectivity index (χ0n) is 12.3. The lowest BCUT2D eigenvalue weighted by Gasteiger charge is -2.09. The van der Waals surface area contributed by atoms with Gasteiger partial charge in [-0.15, -0.1) is 11.6 Å². The maximum absolute atomic E-state index is 13.1. The van der Waals surface area contributed by atoms with E-state index in [1.807, 2.05) is 0 Å². The van der Waals surface area contributed by atoms with Gasteiger partial charge in [-0.2, -0.15) is 0 Å². The Balaban J connectivity index is 2.13. The standard InChI is InChI=1S/C17H25ClF2/c1-2-3-4-5-6-7-8-9-15(18)12-14-10-11-16(19)17(20)13-14/h10-11,13,15H,2-9,12H2,1H3. The summed E-state index contributed by atoms with van der Waals surface area (Å²) in [5.41, 5.74) is 0.770. The molecule has 0 bridgehead atoms. The van der Waals surface area contributed by atoms with E-state index in [2.05, 4.69) is 6.92 Å². The van der Waals surface area contributed by atoms with Crippen LogP contribution in [0.4, 0.5) is 8.78 Å². The molecule has 3 heteroatoms. The number of benzene rings is 1. The minimum Gasteiger partial charge on any atom is -0.204 e. The number of halogens is 3. The van der Waals surface area contributed by atoms with Gasteiger partial charge in [0.1, 0.15) is 0 Å². The number of rotatable bonds is 10. The maximum atomic E-state index is 13.1. The molecule has 1 rings (SSSR count). The van der Waals surface area contributed by atoms with E-state index < -0.39 is 11.6 Å². The first-order valence-corrected chi connectivity index (χ1v) is 8.15. The van der Waals surface area contributed by atoms with Gasteiger partial charge in [-0.05, 0) is 30.5 Å². The highest BCUT2D eigenvalue weighted by atomic mass is 35.5. The molecule has 0 saturated heterocycles. The van der Waals surface area contributed by atoms with Crippen LogP contribution in [0, 0.1) is 11.6 Å². The molecular formula is C17H25ClF2. The molecule has 0 spiro atoms. The van der Waals surface area contributed by atoms with Crippen LogP contribution in [0.2, 0.25) is 0 Å². The quantitative estimate of drug-likeness (QED) is 0.354. The normalized spacial score (nSPS) is 12.6. The van der Waals surface area contributed by atoms with Crippen molar-refractivity contribution in [2.45, 2.75) is 70.1 Å². The van der Waals surface area contributed by atoms with Crippen LogP contribution in [0.3, 0.4) is 0 Å². The molecule has 0 heterocycles. The molecule has 0 aliphatic carbocycles. The third-order valence-corrected chi connectivity index (χ3v) is 3.93. The van der Waals surface area contributed by atoms with Crippen LogP contribution in [-0.2, 0) is 6.42 Å². The molecule has 0 amide bonds. The summed E-state index contributed by atoms with van der Waals surface area (Å²) in [4.78, 5) is 0. The fourth-order valence-corrected chi connectivity index (χ4v) is 2.68. The van der Waals surface area contributed by atoms with Gasteiger partial charge in [0.05, 0.1) is 0 Å². The Morgan fingerprint density at radius 3 is 2.25 bits per heavy atom. The van der Waals surface area contributed by atoms with E-state index in [1.165, 1.54) is 50.7 Å². The second-order valence-corrected chi connectivity index (χ2v) is 6.08. The Bertz CT molecular complexity index is 379. The summed E-state index contributed by atoms with van der Waals surface area (Å²) in [6, 6.07) is 4.02. The van der Waals surface area contributed by atoms with E-state index in [1.54, 1.807) is 6.07 Å². The van der Waals surface area contributed by atoms with Gasteiger partial charge in [-0.1, -0.05) is 57.9 Å². The Hall–Kier alpha value is -0.630. The monoisotopic (exact) mass is 302 g/mol. The number of hydrogen-bond acceptors (Lipinski definition) is 0. The van der Waals surface area contributed by atoms with E-state index in [9.17, 15) is 8.78 Å². The second kappa shape index (κ2) is 10.1. The van der Waals surface area contributed by atoms with Crippen LogP contribution in [0.5, 0.6) is 0 Å². The van der Waals surface area contributed by atoms with Crippen LogP contribution in [0.1, 0.15) is 63.9 Å². The molecule has 0 aliphatic rings. The molecule has 0 aliphatic heterocycles. The summed E-state index contributed by atoms with van der Waals surface area (Å²) in [5.74, 6) is -1.59. The van der Waals surface area contributed by atoms with Crippen molar-refractivity contribution in [3.63, 3.8) is 0 Å². The van der Waals surface area contributed by atoms with E-state index in [0.29, 0.717) is 6.42 Å². The molecule has 0 fully saturated rings. The second-order valence-electron chi connectivity index (χ2n) is 5.46. The third-order valence-electron chi connectivity index (χ3n) is 3.56. The average Bonchev–Trinajstić information content (AvgIpc) is 2.42. The molecule has 0 aromatic heterocycles. The van der Waals surface area contributed by atoms with Crippen molar-refractivity contribution in [2.75, 3.05) is 0 Å². The van der Waals surface area contributed by atoms with Crippen LogP contribution in [0.25, 0.3) is 0 Å². The lowest BCUT2D eigenvalue weighted by molar-refractivity contribution is 0.506. The molecule has 1 aromatic carbocycles. The summed E-state index contributed by atoms with van der Waals surface area (Å²) in [6.45, 7) is 2.22. The predicted octanol–water partition coefficient (Wildman–Crippen LogP) is 6.26. The van der Waals surface area contributed by atoms with Gasteiger partial charge in [0.2, 0.25) is 0 Å². The molecule has 0 saturated carbocycles.